The van der Waals surface area contributed by atoms with Gasteiger partial charge in [-0.05, 0) is 50.0 Å². The maximum Gasteiger partial charge on any atom is 0.0809 e. The zero-order valence-electron chi connectivity index (χ0n) is 12.6. The molecule has 1 atom stereocenters. The number of hydrogen-bond donors (Lipinski definition) is 1. The van der Waals surface area contributed by atoms with E-state index in [2.05, 4.69) is 50.6 Å². The van der Waals surface area contributed by atoms with Crippen LogP contribution in [0.15, 0.2) is 29.8 Å². The van der Waals surface area contributed by atoms with Crippen molar-refractivity contribution in [3.8, 4) is 0 Å². The maximum absolute atomic E-state index is 4.55. The molecule has 1 N–H and O–H groups in total. The van der Waals surface area contributed by atoms with Gasteiger partial charge in [-0.25, -0.2) is 0 Å². The van der Waals surface area contributed by atoms with Crippen LogP contribution in [0.5, 0.6) is 0 Å². The number of likely N-dealkylation sites (N-methyl/N-ethyl adjacent to an activating group) is 1. The van der Waals surface area contributed by atoms with E-state index in [9.17, 15) is 0 Å². The molecule has 4 nitrogen and oxygen atoms in total. The Labute approximate surface area is 128 Å². The predicted molar refractivity (Wildman–Crippen MR) is 87.8 cm³/mol. The van der Waals surface area contributed by atoms with Gasteiger partial charge in [-0.2, -0.15) is 5.10 Å². The van der Waals surface area contributed by atoms with Crippen LogP contribution in [0.4, 0.5) is 0 Å². The van der Waals surface area contributed by atoms with Gasteiger partial charge in [0.05, 0.1) is 15.9 Å². The predicted octanol–water partition coefficient (Wildman–Crippen LogP) is 3.32. The summed E-state index contributed by atoms with van der Waals surface area (Å²) in [5.74, 6) is 0. The smallest absolute Gasteiger partial charge is 0.0809 e. The van der Waals surface area contributed by atoms with Gasteiger partial charge < -0.3 is 5.32 Å². The number of hydrogen-bond acceptors (Lipinski definition) is 4. The lowest BCUT2D eigenvalue weighted by molar-refractivity contribution is 0.540. The molecule has 0 aliphatic heterocycles. The van der Waals surface area contributed by atoms with Gasteiger partial charge in [-0.1, -0.05) is 0 Å². The molecule has 21 heavy (non-hydrogen) atoms. The van der Waals surface area contributed by atoms with Crippen LogP contribution in [0.25, 0.3) is 10.2 Å². The molecule has 0 spiro atoms. The van der Waals surface area contributed by atoms with Crippen molar-refractivity contribution in [1.82, 2.24) is 20.1 Å². The molecule has 0 fully saturated rings. The first-order valence-corrected chi connectivity index (χ1v) is 8.13. The Morgan fingerprint density at radius 3 is 3.00 bits per heavy atom. The molecule has 0 saturated carbocycles. The van der Waals surface area contributed by atoms with E-state index in [1.807, 2.05) is 20.2 Å². The highest BCUT2D eigenvalue weighted by Crippen LogP contribution is 2.24. The first-order chi connectivity index (χ1) is 10.2. The minimum absolute atomic E-state index is 0.255. The van der Waals surface area contributed by atoms with Crippen molar-refractivity contribution in [3.63, 3.8) is 0 Å². The Balaban J connectivity index is 1.90. The summed E-state index contributed by atoms with van der Waals surface area (Å²) in [7, 11) is 2.00. The molecular weight excluding hydrogens is 280 g/mol. The Kier molecular flexibility index (Phi) is 4.03. The average molecular weight is 300 g/mol. The first-order valence-electron chi connectivity index (χ1n) is 7.25. The van der Waals surface area contributed by atoms with Crippen LogP contribution in [0, 0.1) is 6.92 Å². The summed E-state index contributed by atoms with van der Waals surface area (Å²) in [5, 5.41) is 10.0. The van der Waals surface area contributed by atoms with Crippen molar-refractivity contribution >= 4 is 21.6 Å². The largest absolute Gasteiger partial charge is 0.313 e. The number of rotatable bonds is 5. The van der Waals surface area contributed by atoms with Gasteiger partial charge in [0, 0.05) is 30.9 Å². The lowest BCUT2D eigenvalue weighted by atomic mass is 10.0. The molecule has 5 heteroatoms. The number of aromatic nitrogens is 3. The third-order valence-corrected chi connectivity index (χ3v) is 4.63. The van der Waals surface area contributed by atoms with Crippen molar-refractivity contribution in [2.45, 2.75) is 32.9 Å². The molecule has 3 aromatic rings. The molecular formula is C16H20N4S. The minimum atomic E-state index is 0.255. The Morgan fingerprint density at radius 2 is 2.24 bits per heavy atom. The van der Waals surface area contributed by atoms with Crippen LogP contribution in [0.1, 0.15) is 29.9 Å². The van der Waals surface area contributed by atoms with Gasteiger partial charge in [0.25, 0.3) is 0 Å². The van der Waals surface area contributed by atoms with Crippen LogP contribution in [-0.2, 0) is 13.0 Å². The van der Waals surface area contributed by atoms with Crippen LogP contribution >= 0.6 is 11.3 Å². The summed E-state index contributed by atoms with van der Waals surface area (Å²) in [4.78, 5) is 4.55. The van der Waals surface area contributed by atoms with E-state index < -0.39 is 0 Å². The summed E-state index contributed by atoms with van der Waals surface area (Å²) in [6.45, 7) is 5.08. The van der Waals surface area contributed by atoms with E-state index in [0.717, 1.165) is 24.2 Å². The molecule has 1 unspecified atom stereocenters. The first kappa shape index (κ1) is 14.2. The summed E-state index contributed by atoms with van der Waals surface area (Å²) in [6.07, 6.45) is 2.90. The van der Waals surface area contributed by atoms with E-state index in [-0.39, 0.29) is 6.04 Å². The van der Waals surface area contributed by atoms with E-state index in [1.165, 1.54) is 16.0 Å². The van der Waals surface area contributed by atoms with Crippen molar-refractivity contribution in [2.24, 2.45) is 0 Å². The normalized spacial score (nSPS) is 12.9. The minimum Gasteiger partial charge on any atom is -0.313 e. The fourth-order valence-electron chi connectivity index (χ4n) is 2.69. The second kappa shape index (κ2) is 5.95. The third-order valence-electron chi connectivity index (χ3n) is 3.77. The monoisotopic (exact) mass is 300 g/mol. The zero-order valence-corrected chi connectivity index (χ0v) is 13.4. The molecule has 3 heterocycles. The van der Waals surface area contributed by atoms with Crippen LogP contribution < -0.4 is 5.32 Å². The van der Waals surface area contributed by atoms with Gasteiger partial charge in [0.2, 0.25) is 0 Å². The number of nitrogens with one attached hydrogen (secondary N) is 1. The maximum atomic E-state index is 4.55. The lowest BCUT2D eigenvalue weighted by Crippen LogP contribution is -2.20. The highest BCUT2D eigenvalue weighted by atomic mass is 32.1. The highest BCUT2D eigenvalue weighted by molar-refractivity contribution is 7.17. The standard InChI is InChI=1S/C16H20N4S/c1-4-20-13(7-11(2)19-20)9-15(17-3)12-8-16-14(18-10-12)5-6-21-16/h5-8,10,15,17H,4,9H2,1-3H3. The Bertz CT molecular complexity index is 744. The van der Waals surface area contributed by atoms with Gasteiger partial charge in [0.15, 0.2) is 0 Å². The summed E-state index contributed by atoms with van der Waals surface area (Å²) in [6, 6.07) is 6.73. The number of pyridine rings is 1. The fraction of sp³-hybridized carbons (Fsp3) is 0.375. The quantitative estimate of drug-likeness (QED) is 0.786. The van der Waals surface area contributed by atoms with Crippen molar-refractivity contribution < 1.29 is 0 Å². The molecule has 0 radical (unpaired) electrons. The molecule has 3 rings (SSSR count). The topological polar surface area (TPSA) is 42.7 Å². The molecule has 0 amide bonds. The average Bonchev–Trinajstić information content (AvgIpc) is 3.09. The second-order valence-corrected chi connectivity index (χ2v) is 6.16. The van der Waals surface area contributed by atoms with E-state index in [4.69, 9.17) is 0 Å². The number of fused-ring (bicyclic) bond motifs is 1. The molecule has 0 saturated heterocycles. The van der Waals surface area contributed by atoms with E-state index in [1.54, 1.807) is 11.3 Å². The molecule has 0 aliphatic rings. The van der Waals surface area contributed by atoms with Gasteiger partial charge in [-0.15, -0.1) is 11.3 Å². The highest BCUT2D eigenvalue weighted by Gasteiger charge is 2.15. The van der Waals surface area contributed by atoms with Gasteiger partial charge >= 0.3 is 0 Å². The molecule has 0 bridgehead atoms. The number of nitrogens with zero attached hydrogens (tertiary/aromatic N) is 3. The van der Waals surface area contributed by atoms with Crippen molar-refractivity contribution in [2.75, 3.05) is 7.05 Å². The third kappa shape index (κ3) is 2.84. The Hall–Kier alpha value is -1.72. The van der Waals surface area contributed by atoms with Crippen LogP contribution in [-0.4, -0.2) is 21.8 Å². The lowest BCUT2D eigenvalue weighted by Gasteiger charge is -2.17. The summed E-state index contributed by atoms with van der Waals surface area (Å²) in [5.41, 5.74) is 4.65. The van der Waals surface area contributed by atoms with Crippen LogP contribution in [0.3, 0.4) is 0 Å². The SMILES string of the molecule is CCn1nc(C)cc1CC(NC)c1cnc2ccsc2c1. The Morgan fingerprint density at radius 1 is 1.38 bits per heavy atom. The fourth-order valence-corrected chi connectivity index (χ4v) is 3.47. The summed E-state index contributed by atoms with van der Waals surface area (Å²) >= 11 is 1.74. The zero-order chi connectivity index (χ0) is 14.8. The van der Waals surface area contributed by atoms with Crippen molar-refractivity contribution in [3.05, 3.63) is 46.7 Å². The number of thiophene rings is 1. The number of aryl methyl sites for hydroxylation is 2. The summed E-state index contributed by atoms with van der Waals surface area (Å²) < 4.78 is 3.32. The van der Waals surface area contributed by atoms with Gasteiger partial charge in [0.1, 0.15) is 0 Å². The van der Waals surface area contributed by atoms with Crippen molar-refractivity contribution in [1.29, 1.82) is 0 Å². The second-order valence-electron chi connectivity index (χ2n) is 5.21. The van der Waals surface area contributed by atoms with Gasteiger partial charge in [-0.3, -0.25) is 9.67 Å². The van der Waals surface area contributed by atoms with E-state index in [0.29, 0.717) is 0 Å². The van der Waals surface area contributed by atoms with E-state index >= 15 is 0 Å². The molecule has 0 aliphatic carbocycles. The molecule has 110 valence electrons. The molecule has 0 aromatic carbocycles. The molecule has 3 aromatic heterocycles. The van der Waals surface area contributed by atoms with Crippen LogP contribution in [0.2, 0.25) is 0 Å².